The monoisotopic (exact) mass is 287 g/mol. The van der Waals surface area contributed by atoms with Gasteiger partial charge in [-0.15, -0.1) is 0 Å². The fourth-order valence-corrected chi connectivity index (χ4v) is 1.77. The summed E-state index contributed by atoms with van der Waals surface area (Å²) in [5, 5.41) is 21.3. The van der Waals surface area contributed by atoms with Crippen LogP contribution in [-0.4, -0.2) is 15.9 Å². The van der Waals surface area contributed by atoms with Crippen molar-refractivity contribution in [1.29, 1.82) is 0 Å². The number of nitrogens with zero attached hydrogens (tertiary/aromatic N) is 3. The Hall–Kier alpha value is -3.29. The number of hydrogen-bond donors (Lipinski definition) is 0. The predicted molar refractivity (Wildman–Crippen MR) is 73.3 cm³/mol. The average molecular weight is 287 g/mol. The number of hydrazine groups is 1. The molecule has 0 saturated carbocycles. The first-order valence-corrected chi connectivity index (χ1v) is 5.79. The van der Waals surface area contributed by atoms with Gasteiger partial charge in [-0.3, -0.25) is 14.9 Å². The van der Waals surface area contributed by atoms with Crippen molar-refractivity contribution < 1.29 is 14.8 Å². The number of nitro groups is 2. The third-order valence-electron chi connectivity index (χ3n) is 2.68. The molecule has 0 atom stereocenters. The Morgan fingerprint density at radius 1 is 0.905 bits per heavy atom. The molecule has 106 valence electrons. The fraction of sp³-hybridized carbons (Fsp3) is 0. The number of anilines is 1. The molecule has 0 aliphatic carbocycles. The van der Waals surface area contributed by atoms with E-state index in [1.807, 2.05) is 0 Å². The highest BCUT2D eigenvalue weighted by Crippen LogP contribution is 2.28. The first-order valence-electron chi connectivity index (χ1n) is 5.79. The topological polar surface area (TPSA) is 107 Å². The van der Waals surface area contributed by atoms with Gasteiger partial charge in [0.25, 0.3) is 5.69 Å². The number of carbonyl (C=O) groups excluding carboxylic acids is 1. The van der Waals surface area contributed by atoms with Gasteiger partial charge in [0.05, 0.1) is 4.92 Å². The van der Waals surface area contributed by atoms with Gasteiger partial charge in [-0.05, 0) is 23.2 Å². The van der Waals surface area contributed by atoms with Gasteiger partial charge in [-0.2, -0.15) is 0 Å². The zero-order chi connectivity index (χ0) is 15.4. The maximum atomic E-state index is 12.2. The van der Waals surface area contributed by atoms with Gasteiger partial charge in [-0.1, -0.05) is 30.3 Å². The lowest BCUT2D eigenvalue weighted by atomic mass is 10.2. The molecule has 0 aromatic heterocycles. The second kappa shape index (κ2) is 5.78. The van der Waals surface area contributed by atoms with Crippen LogP contribution in [0.3, 0.4) is 0 Å². The van der Waals surface area contributed by atoms with Crippen LogP contribution >= 0.6 is 0 Å². The number of amides is 1. The quantitative estimate of drug-likeness (QED) is 0.634. The van der Waals surface area contributed by atoms with E-state index in [9.17, 15) is 25.0 Å². The molecular weight excluding hydrogens is 278 g/mol. The highest BCUT2D eigenvalue weighted by atomic mass is 16.7. The zero-order valence-corrected chi connectivity index (χ0v) is 10.6. The Kier molecular flexibility index (Phi) is 3.89. The Balaban J connectivity index is 2.53. The molecule has 2 aromatic rings. The summed E-state index contributed by atoms with van der Waals surface area (Å²) in [5.74, 6) is -0.949. The van der Waals surface area contributed by atoms with E-state index in [-0.39, 0.29) is 16.3 Å². The highest BCUT2D eigenvalue weighted by Gasteiger charge is 2.33. The van der Waals surface area contributed by atoms with Gasteiger partial charge >= 0.3 is 5.91 Å². The molecule has 0 aliphatic heterocycles. The third kappa shape index (κ3) is 2.84. The van der Waals surface area contributed by atoms with E-state index < -0.39 is 21.6 Å². The second-order valence-corrected chi connectivity index (χ2v) is 3.97. The Morgan fingerprint density at radius 3 is 2.05 bits per heavy atom. The second-order valence-electron chi connectivity index (χ2n) is 3.97. The summed E-state index contributed by atoms with van der Waals surface area (Å²) in [6.45, 7) is 0. The maximum absolute atomic E-state index is 12.2. The summed E-state index contributed by atoms with van der Waals surface area (Å²) < 4.78 is 0. The maximum Gasteiger partial charge on any atom is 0.320 e. The smallest absolute Gasteiger partial charge is 0.262 e. The van der Waals surface area contributed by atoms with Gasteiger partial charge in [0.2, 0.25) is 0 Å². The van der Waals surface area contributed by atoms with Crippen molar-refractivity contribution in [3.05, 3.63) is 80.4 Å². The lowest BCUT2D eigenvalue weighted by molar-refractivity contribution is -0.483. The molecule has 0 heterocycles. The van der Waals surface area contributed by atoms with Crippen LogP contribution in [0.1, 0.15) is 10.4 Å². The number of carbonyl (C=O) groups is 1. The molecule has 0 spiro atoms. The summed E-state index contributed by atoms with van der Waals surface area (Å²) >= 11 is 0. The molecule has 0 bridgehead atoms. The Labute approximate surface area is 118 Å². The number of hydrogen-bond acceptors (Lipinski definition) is 5. The molecule has 0 fully saturated rings. The van der Waals surface area contributed by atoms with Crippen LogP contribution in [0.4, 0.5) is 11.4 Å². The summed E-state index contributed by atoms with van der Waals surface area (Å²) in [5.41, 5.74) is -0.841. The van der Waals surface area contributed by atoms with Gasteiger partial charge in [0.15, 0.2) is 10.7 Å². The van der Waals surface area contributed by atoms with Crippen molar-refractivity contribution in [2.75, 3.05) is 5.01 Å². The lowest BCUT2D eigenvalue weighted by Crippen LogP contribution is -2.36. The van der Waals surface area contributed by atoms with Crippen LogP contribution in [-0.2, 0) is 0 Å². The minimum absolute atomic E-state index is 0.0624. The molecule has 2 aromatic carbocycles. The molecule has 2 rings (SSSR count). The minimum Gasteiger partial charge on any atom is -0.262 e. The van der Waals surface area contributed by atoms with Gasteiger partial charge in [0.1, 0.15) is 0 Å². The Bertz CT molecular complexity index is 702. The molecule has 0 aliphatic rings. The molecule has 8 heteroatoms. The summed E-state index contributed by atoms with van der Waals surface area (Å²) in [6, 6.07) is 12.5. The van der Waals surface area contributed by atoms with Crippen LogP contribution in [0.15, 0.2) is 54.6 Å². The standard InChI is InChI=1S/C13H9N3O5/c17-13(10-6-2-1-3-7-10)14(16(20)21)11-8-4-5-9-12(11)15(18)19/h1-9H. The molecule has 0 radical (unpaired) electrons. The van der Waals surface area contributed by atoms with E-state index in [1.165, 1.54) is 24.3 Å². The molecule has 21 heavy (non-hydrogen) atoms. The van der Waals surface area contributed by atoms with Gasteiger partial charge in [0, 0.05) is 11.6 Å². The predicted octanol–water partition coefficient (Wildman–Crippen LogP) is 2.43. The van der Waals surface area contributed by atoms with Crippen molar-refractivity contribution in [1.82, 2.24) is 0 Å². The minimum atomic E-state index is -0.975. The van der Waals surface area contributed by atoms with E-state index in [4.69, 9.17) is 0 Å². The lowest BCUT2D eigenvalue weighted by Gasteiger charge is -2.12. The van der Waals surface area contributed by atoms with E-state index in [2.05, 4.69) is 0 Å². The van der Waals surface area contributed by atoms with Crippen molar-refractivity contribution >= 4 is 17.3 Å². The first kappa shape index (κ1) is 14.1. The molecule has 1 amide bonds. The zero-order valence-electron chi connectivity index (χ0n) is 10.6. The fourth-order valence-electron chi connectivity index (χ4n) is 1.77. The molecule has 0 saturated heterocycles. The normalized spacial score (nSPS) is 9.90. The average Bonchev–Trinajstić information content (AvgIpc) is 2.48. The van der Waals surface area contributed by atoms with Crippen LogP contribution in [0.2, 0.25) is 0 Å². The third-order valence-corrected chi connectivity index (χ3v) is 2.68. The molecular formula is C13H9N3O5. The van der Waals surface area contributed by atoms with E-state index in [0.29, 0.717) is 0 Å². The number of nitro benzene ring substituents is 1. The number of benzene rings is 2. The summed E-state index contributed by atoms with van der Waals surface area (Å²) in [4.78, 5) is 33.6. The van der Waals surface area contributed by atoms with E-state index >= 15 is 0 Å². The van der Waals surface area contributed by atoms with E-state index in [1.54, 1.807) is 18.2 Å². The van der Waals surface area contributed by atoms with Crippen LogP contribution in [0, 0.1) is 20.2 Å². The van der Waals surface area contributed by atoms with Crippen molar-refractivity contribution in [3.8, 4) is 0 Å². The summed E-state index contributed by atoms with van der Waals surface area (Å²) in [7, 11) is 0. The summed E-state index contributed by atoms with van der Waals surface area (Å²) in [6.07, 6.45) is 0. The largest absolute Gasteiger partial charge is 0.320 e. The van der Waals surface area contributed by atoms with Crippen molar-refractivity contribution in [3.63, 3.8) is 0 Å². The van der Waals surface area contributed by atoms with Crippen LogP contribution in [0.25, 0.3) is 0 Å². The van der Waals surface area contributed by atoms with Gasteiger partial charge in [-0.25, -0.2) is 10.1 Å². The number of rotatable bonds is 4. The Morgan fingerprint density at radius 2 is 1.48 bits per heavy atom. The highest BCUT2D eigenvalue weighted by molar-refractivity contribution is 6.05. The van der Waals surface area contributed by atoms with E-state index in [0.717, 1.165) is 12.1 Å². The van der Waals surface area contributed by atoms with Crippen LogP contribution < -0.4 is 5.01 Å². The van der Waals surface area contributed by atoms with Crippen molar-refractivity contribution in [2.24, 2.45) is 0 Å². The molecule has 8 nitrogen and oxygen atoms in total. The first-order chi connectivity index (χ1) is 10.0. The van der Waals surface area contributed by atoms with Crippen LogP contribution in [0.5, 0.6) is 0 Å². The number of para-hydroxylation sites is 2. The van der Waals surface area contributed by atoms with Gasteiger partial charge < -0.3 is 0 Å². The molecule has 0 unspecified atom stereocenters. The van der Waals surface area contributed by atoms with Crippen molar-refractivity contribution in [2.45, 2.75) is 0 Å². The molecule has 0 N–H and O–H groups in total. The SMILES string of the molecule is O=C(c1ccccc1)N(c1ccccc1[N+](=O)[O-])[N+](=O)[O-].